The average Bonchev–Trinajstić information content (AvgIpc) is 3.31. The molecule has 4 rings (SSSR count). The molecule has 2 N–H and O–H groups in total. The van der Waals surface area contributed by atoms with Gasteiger partial charge in [0.25, 0.3) is 0 Å². The van der Waals surface area contributed by atoms with E-state index in [1.807, 2.05) is 47.0 Å². The highest BCUT2D eigenvalue weighted by atomic mass is 32.2. The lowest BCUT2D eigenvalue weighted by Crippen LogP contribution is -2.25. The van der Waals surface area contributed by atoms with Gasteiger partial charge in [-0.1, -0.05) is 30.0 Å². The Labute approximate surface area is 206 Å². The molecule has 178 valence electrons. The van der Waals surface area contributed by atoms with Gasteiger partial charge in [0.2, 0.25) is 11.8 Å². The van der Waals surface area contributed by atoms with Crippen molar-refractivity contribution in [3.8, 4) is 22.8 Å². The molecule has 0 aliphatic rings. The Balaban J connectivity index is 1.47. The molecule has 4 aromatic rings. The first-order valence-corrected chi connectivity index (χ1v) is 11.8. The summed E-state index contributed by atoms with van der Waals surface area (Å²) in [5.74, 6) is 1.07. The number of hydrogen-bond acceptors (Lipinski definition) is 7. The van der Waals surface area contributed by atoms with Crippen molar-refractivity contribution in [1.29, 1.82) is 0 Å². The molecule has 0 bridgehead atoms. The first-order valence-electron chi connectivity index (χ1n) is 10.8. The van der Waals surface area contributed by atoms with Gasteiger partial charge in [-0.3, -0.25) is 19.1 Å². The summed E-state index contributed by atoms with van der Waals surface area (Å²) < 4.78 is 7.29. The quantitative estimate of drug-likeness (QED) is 0.346. The lowest BCUT2D eigenvalue weighted by molar-refractivity contribution is -0.118. The maximum absolute atomic E-state index is 12.7. The van der Waals surface area contributed by atoms with Crippen LogP contribution in [0.15, 0.2) is 78.2 Å². The number of anilines is 1. The maximum Gasteiger partial charge on any atom is 0.230 e. The molecule has 2 aromatic carbocycles. The van der Waals surface area contributed by atoms with Gasteiger partial charge in [-0.15, -0.1) is 10.2 Å². The third kappa shape index (κ3) is 6.04. The van der Waals surface area contributed by atoms with Crippen LogP contribution >= 0.6 is 11.8 Å². The average molecular weight is 489 g/mol. The second kappa shape index (κ2) is 11.3. The van der Waals surface area contributed by atoms with E-state index < -0.39 is 0 Å². The minimum atomic E-state index is -0.174. The van der Waals surface area contributed by atoms with Crippen LogP contribution in [0.1, 0.15) is 12.5 Å². The molecule has 0 aliphatic heterocycles. The third-order valence-corrected chi connectivity index (χ3v) is 5.91. The van der Waals surface area contributed by atoms with Crippen LogP contribution in [0.25, 0.3) is 17.1 Å². The van der Waals surface area contributed by atoms with Crippen LogP contribution < -0.4 is 15.4 Å². The number of rotatable bonds is 9. The van der Waals surface area contributed by atoms with Crippen molar-refractivity contribution in [2.24, 2.45) is 0 Å². The van der Waals surface area contributed by atoms with Crippen molar-refractivity contribution in [2.45, 2.75) is 18.6 Å². The summed E-state index contributed by atoms with van der Waals surface area (Å²) in [6.45, 7) is 1.69. The first kappa shape index (κ1) is 24.0. The second-order valence-corrected chi connectivity index (χ2v) is 8.43. The van der Waals surface area contributed by atoms with Gasteiger partial charge in [0, 0.05) is 48.4 Å². The van der Waals surface area contributed by atoms with Gasteiger partial charge in [-0.25, -0.2) is 0 Å². The molecule has 9 nitrogen and oxygen atoms in total. The highest BCUT2D eigenvalue weighted by Gasteiger charge is 2.17. The summed E-state index contributed by atoms with van der Waals surface area (Å²) >= 11 is 1.29. The number of pyridine rings is 1. The molecule has 10 heteroatoms. The number of methoxy groups -OCH3 is 1. The van der Waals surface area contributed by atoms with Crippen LogP contribution in [0, 0.1) is 0 Å². The minimum absolute atomic E-state index is 0.145. The van der Waals surface area contributed by atoms with E-state index in [9.17, 15) is 9.59 Å². The van der Waals surface area contributed by atoms with Gasteiger partial charge < -0.3 is 15.4 Å². The zero-order valence-electron chi connectivity index (χ0n) is 19.3. The molecule has 35 heavy (non-hydrogen) atoms. The number of nitrogens with zero attached hydrogens (tertiary/aromatic N) is 4. The number of benzene rings is 2. The van der Waals surface area contributed by atoms with Crippen LogP contribution in [0.3, 0.4) is 0 Å². The Morgan fingerprint density at radius 1 is 1.06 bits per heavy atom. The highest BCUT2D eigenvalue weighted by molar-refractivity contribution is 7.99. The predicted octanol–water partition coefficient (Wildman–Crippen LogP) is 3.70. The molecule has 2 amide bonds. The third-order valence-electron chi connectivity index (χ3n) is 4.98. The van der Waals surface area contributed by atoms with Gasteiger partial charge in [0.15, 0.2) is 11.0 Å². The molecule has 2 aromatic heterocycles. The molecule has 0 atom stereocenters. The number of para-hydroxylation sites is 1. The molecule has 0 saturated heterocycles. The standard InChI is InChI=1S/C25H24N6O3S/c1-17(32)28-20-10-11-22(34-2)19(13-20)15-27-23(33)16-35-25-30-29-24(18-7-6-12-26-14-18)31(25)21-8-4-3-5-9-21/h3-14H,15-16H2,1-2H3,(H,27,33)(H,28,32). The van der Waals surface area contributed by atoms with Crippen molar-refractivity contribution in [1.82, 2.24) is 25.1 Å². The monoisotopic (exact) mass is 488 g/mol. The number of hydrogen-bond donors (Lipinski definition) is 2. The Morgan fingerprint density at radius 2 is 1.89 bits per heavy atom. The predicted molar refractivity (Wildman–Crippen MR) is 134 cm³/mol. The number of nitrogens with one attached hydrogen (secondary N) is 2. The fourth-order valence-corrected chi connectivity index (χ4v) is 4.21. The van der Waals surface area contributed by atoms with Crippen molar-refractivity contribution in [3.63, 3.8) is 0 Å². The zero-order valence-corrected chi connectivity index (χ0v) is 20.1. The topological polar surface area (TPSA) is 111 Å². The van der Waals surface area contributed by atoms with Crippen LogP contribution in [-0.2, 0) is 16.1 Å². The molecular weight excluding hydrogens is 464 g/mol. The zero-order chi connectivity index (χ0) is 24.6. The van der Waals surface area contributed by atoms with E-state index in [0.29, 0.717) is 22.4 Å². The molecule has 0 aliphatic carbocycles. The van der Waals surface area contributed by atoms with E-state index in [-0.39, 0.29) is 24.1 Å². The number of carbonyl (C=O) groups excluding carboxylic acids is 2. The first-order chi connectivity index (χ1) is 17.0. The van der Waals surface area contributed by atoms with E-state index in [1.54, 1.807) is 37.7 Å². The molecule has 0 unspecified atom stereocenters. The Kier molecular flexibility index (Phi) is 7.74. The molecule has 0 spiro atoms. The van der Waals surface area contributed by atoms with Crippen LogP contribution in [0.5, 0.6) is 5.75 Å². The van der Waals surface area contributed by atoms with Gasteiger partial charge in [-0.05, 0) is 42.5 Å². The van der Waals surface area contributed by atoms with E-state index in [4.69, 9.17) is 4.74 Å². The molecule has 0 saturated carbocycles. The Hall–Kier alpha value is -4.18. The van der Waals surface area contributed by atoms with E-state index >= 15 is 0 Å². The summed E-state index contributed by atoms with van der Waals surface area (Å²) in [6, 6.07) is 18.8. The van der Waals surface area contributed by atoms with Crippen LogP contribution in [0.4, 0.5) is 5.69 Å². The highest BCUT2D eigenvalue weighted by Crippen LogP contribution is 2.27. The summed E-state index contributed by atoms with van der Waals surface area (Å²) in [6.07, 6.45) is 3.43. The summed E-state index contributed by atoms with van der Waals surface area (Å²) in [5, 5.41) is 14.9. The number of amides is 2. The van der Waals surface area contributed by atoms with Crippen molar-refractivity contribution < 1.29 is 14.3 Å². The fraction of sp³-hybridized carbons (Fsp3) is 0.160. The number of aromatic nitrogens is 4. The van der Waals surface area contributed by atoms with Gasteiger partial charge >= 0.3 is 0 Å². The van der Waals surface area contributed by atoms with Gasteiger partial charge in [0.05, 0.1) is 12.9 Å². The van der Waals surface area contributed by atoms with E-state index in [2.05, 4.69) is 25.8 Å². The second-order valence-electron chi connectivity index (χ2n) is 7.49. The lowest BCUT2D eigenvalue weighted by Gasteiger charge is -2.12. The van der Waals surface area contributed by atoms with Crippen LogP contribution in [0.2, 0.25) is 0 Å². The molecular formula is C25H24N6O3S. The van der Waals surface area contributed by atoms with Gasteiger partial charge in [0.1, 0.15) is 5.75 Å². The van der Waals surface area contributed by atoms with Gasteiger partial charge in [-0.2, -0.15) is 0 Å². The van der Waals surface area contributed by atoms with Crippen molar-refractivity contribution in [3.05, 3.63) is 78.6 Å². The molecule has 0 radical (unpaired) electrons. The smallest absolute Gasteiger partial charge is 0.230 e. The maximum atomic E-state index is 12.7. The van der Waals surface area contributed by atoms with Crippen molar-refractivity contribution >= 4 is 29.3 Å². The summed E-state index contributed by atoms with van der Waals surface area (Å²) in [5.41, 5.74) is 3.10. The number of ether oxygens (including phenoxy) is 1. The summed E-state index contributed by atoms with van der Waals surface area (Å²) in [4.78, 5) is 28.2. The normalized spacial score (nSPS) is 10.6. The Bertz CT molecular complexity index is 1310. The van der Waals surface area contributed by atoms with E-state index in [0.717, 1.165) is 16.8 Å². The molecule has 2 heterocycles. The number of carbonyl (C=O) groups is 2. The SMILES string of the molecule is COc1ccc(NC(C)=O)cc1CNC(=O)CSc1nnc(-c2cccnc2)n1-c1ccccc1. The van der Waals surface area contributed by atoms with Crippen molar-refractivity contribution in [2.75, 3.05) is 18.2 Å². The fourth-order valence-electron chi connectivity index (χ4n) is 3.43. The van der Waals surface area contributed by atoms with E-state index in [1.165, 1.54) is 18.7 Å². The molecule has 0 fully saturated rings. The summed E-state index contributed by atoms with van der Waals surface area (Å²) in [7, 11) is 1.56. The largest absolute Gasteiger partial charge is 0.496 e. The van der Waals surface area contributed by atoms with Crippen LogP contribution in [-0.4, -0.2) is 44.4 Å². The Morgan fingerprint density at radius 3 is 2.60 bits per heavy atom. The lowest BCUT2D eigenvalue weighted by atomic mass is 10.1. The minimum Gasteiger partial charge on any atom is -0.496 e. The number of thioether (sulfide) groups is 1.